The van der Waals surface area contributed by atoms with Gasteiger partial charge in [-0.25, -0.2) is 26.9 Å². The van der Waals surface area contributed by atoms with Gasteiger partial charge in [-0.3, -0.25) is 9.00 Å². The summed E-state index contributed by atoms with van der Waals surface area (Å²) in [4.78, 5) is 17.7. The van der Waals surface area contributed by atoms with E-state index in [9.17, 15) is 26.2 Å². The molecule has 2 aromatic heterocycles. The van der Waals surface area contributed by atoms with Crippen LogP contribution in [0.5, 0.6) is 5.88 Å². The topological polar surface area (TPSA) is 109 Å². The minimum absolute atomic E-state index is 0.174. The number of hydrogen-bond donors (Lipinski definition) is 1. The molecular formula is C20H29F5N4O4S. The summed E-state index contributed by atoms with van der Waals surface area (Å²) in [6.45, 7) is -1.60. The highest BCUT2D eigenvalue weighted by molar-refractivity contribution is 7.85. The number of alkyl halides is 5. The van der Waals surface area contributed by atoms with Gasteiger partial charge in [0.15, 0.2) is 5.65 Å². The lowest BCUT2D eigenvalue weighted by Crippen LogP contribution is -2.34. The molecule has 0 radical (unpaired) electrons. The first-order valence-electron chi connectivity index (χ1n) is 10.2. The number of carbonyl (C=O) groups excluding carboxylic acids is 1. The van der Waals surface area contributed by atoms with E-state index < -0.39 is 43.5 Å². The summed E-state index contributed by atoms with van der Waals surface area (Å²) in [7, 11) is 1.11. The molecule has 1 amide bonds. The van der Waals surface area contributed by atoms with Gasteiger partial charge in [0.05, 0.1) is 0 Å². The summed E-state index contributed by atoms with van der Waals surface area (Å²) in [5.74, 6) is 2.44. The molecule has 194 valence electrons. The molecule has 0 bridgehead atoms. The molecule has 0 aliphatic carbocycles. The van der Waals surface area contributed by atoms with Crippen LogP contribution in [-0.2, 0) is 32.8 Å². The Bertz CT molecular complexity index is 908. The van der Waals surface area contributed by atoms with Crippen molar-refractivity contribution < 1.29 is 40.4 Å². The van der Waals surface area contributed by atoms with Crippen LogP contribution in [-0.4, -0.2) is 76.0 Å². The van der Waals surface area contributed by atoms with Gasteiger partial charge in [-0.2, -0.15) is 4.98 Å². The van der Waals surface area contributed by atoms with Crippen molar-refractivity contribution in [2.75, 3.05) is 38.3 Å². The third-order valence-electron chi connectivity index (χ3n) is 5.04. The first kappa shape index (κ1) is 29.7. The fraction of sp³-hybridized carbons (Fsp3) is 0.650. The van der Waals surface area contributed by atoms with Gasteiger partial charge in [0.1, 0.15) is 37.3 Å². The van der Waals surface area contributed by atoms with Crippen molar-refractivity contribution >= 4 is 28.4 Å². The number of amides is 1. The minimum atomic E-state index is -2.66. The summed E-state index contributed by atoms with van der Waals surface area (Å²) in [5.41, 5.74) is 5.31. The van der Waals surface area contributed by atoms with Gasteiger partial charge in [0.25, 0.3) is 6.43 Å². The van der Waals surface area contributed by atoms with E-state index in [1.165, 1.54) is 0 Å². The third-order valence-corrected chi connectivity index (χ3v) is 6.36. The molecule has 1 atom stereocenters. The summed E-state index contributed by atoms with van der Waals surface area (Å²) in [6.07, 6.45) is -1.90. The Labute approximate surface area is 196 Å². The predicted octanol–water partition coefficient (Wildman–Crippen LogP) is 2.75. The number of imidazole rings is 1. The standard InChI is InChI=1S/C18H24F3N3O3S.CH2F2.CH3NO/c1-18(5-7-28(25)8-6-18)17-22-13-3-4-15(23-16(13)24(17)2)27-10-12(9-19)26-11-14(20)21;2*2-1-3/h3-4,12,14H,5-11H2,1-2H3;1H2;1H,(H2,2,3). The molecule has 8 nitrogen and oxygen atoms in total. The zero-order valence-electron chi connectivity index (χ0n) is 18.9. The molecule has 1 aliphatic heterocycles. The highest BCUT2D eigenvalue weighted by Gasteiger charge is 2.35. The van der Waals surface area contributed by atoms with Gasteiger partial charge >= 0.3 is 0 Å². The van der Waals surface area contributed by atoms with Crippen molar-refractivity contribution in [3.05, 3.63) is 18.0 Å². The largest absolute Gasteiger partial charge is 0.475 e. The fourth-order valence-corrected chi connectivity index (χ4v) is 4.88. The molecule has 1 fully saturated rings. The summed E-state index contributed by atoms with van der Waals surface area (Å²) in [6, 6.07) is 3.37. The lowest BCUT2D eigenvalue weighted by molar-refractivity contribution is -0.106. The molecular weight excluding hydrogens is 487 g/mol. The summed E-state index contributed by atoms with van der Waals surface area (Å²) < 4.78 is 80.4. The molecule has 14 heteroatoms. The second-order valence-electron chi connectivity index (χ2n) is 7.44. The molecule has 0 spiro atoms. The molecule has 0 aromatic carbocycles. The van der Waals surface area contributed by atoms with Gasteiger partial charge in [0, 0.05) is 40.8 Å². The average Bonchev–Trinajstić information content (AvgIpc) is 3.14. The van der Waals surface area contributed by atoms with Crippen LogP contribution in [0.25, 0.3) is 11.2 Å². The van der Waals surface area contributed by atoms with Gasteiger partial charge in [-0.05, 0) is 18.9 Å². The molecule has 1 aliphatic rings. The highest BCUT2D eigenvalue weighted by atomic mass is 32.2. The van der Waals surface area contributed by atoms with Gasteiger partial charge in [0.2, 0.25) is 19.2 Å². The van der Waals surface area contributed by atoms with Crippen molar-refractivity contribution in [2.45, 2.75) is 37.7 Å². The number of halogens is 5. The van der Waals surface area contributed by atoms with Crippen molar-refractivity contribution in [3.8, 4) is 5.88 Å². The normalized spacial score (nSPS) is 20.6. The van der Waals surface area contributed by atoms with E-state index in [4.69, 9.17) is 19.3 Å². The number of primary amides is 1. The molecule has 3 heterocycles. The van der Waals surface area contributed by atoms with Crippen molar-refractivity contribution in [1.82, 2.24) is 14.5 Å². The third kappa shape index (κ3) is 8.78. The monoisotopic (exact) mass is 516 g/mol. The number of aromatic nitrogens is 3. The van der Waals surface area contributed by atoms with E-state index >= 15 is 0 Å². The van der Waals surface area contributed by atoms with Crippen LogP contribution >= 0.6 is 0 Å². The molecule has 34 heavy (non-hydrogen) atoms. The smallest absolute Gasteiger partial charge is 0.261 e. The molecule has 2 N–H and O–H groups in total. The Balaban J connectivity index is 0.000000872. The molecule has 1 unspecified atom stereocenters. The highest BCUT2D eigenvalue weighted by Crippen LogP contribution is 2.35. The van der Waals surface area contributed by atoms with Crippen molar-refractivity contribution in [1.29, 1.82) is 0 Å². The van der Waals surface area contributed by atoms with E-state index in [1.807, 2.05) is 11.6 Å². The lowest BCUT2D eigenvalue weighted by Gasteiger charge is -2.32. The first-order chi connectivity index (χ1) is 16.1. The Morgan fingerprint density at radius 3 is 2.32 bits per heavy atom. The van der Waals surface area contributed by atoms with Crippen LogP contribution in [0.15, 0.2) is 12.1 Å². The average molecular weight is 517 g/mol. The number of fused-ring (bicyclic) bond motifs is 1. The van der Waals surface area contributed by atoms with E-state index in [-0.39, 0.29) is 24.3 Å². The number of hydrogen-bond acceptors (Lipinski definition) is 6. The Morgan fingerprint density at radius 2 is 1.79 bits per heavy atom. The number of carbonyl (C=O) groups is 1. The number of aryl methyl sites for hydroxylation is 1. The van der Waals surface area contributed by atoms with Crippen LogP contribution in [0.4, 0.5) is 22.0 Å². The SMILES string of the molecule is Cn1c(C2(C)CCS(=O)CC2)nc2ccc(OCC(CF)OCC(F)F)nc21.FCF.NC=O. The van der Waals surface area contributed by atoms with Gasteiger partial charge < -0.3 is 19.8 Å². The number of ether oxygens (including phenoxy) is 2. The van der Waals surface area contributed by atoms with Crippen LogP contribution in [0, 0.1) is 0 Å². The second-order valence-corrected chi connectivity index (χ2v) is 9.14. The number of pyridine rings is 1. The Morgan fingerprint density at radius 1 is 1.21 bits per heavy atom. The van der Waals surface area contributed by atoms with E-state index in [1.54, 1.807) is 12.1 Å². The van der Waals surface area contributed by atoms with Crippen LogP contribution in [0.3, 0.4) is 0 Å². The minimum Gasteiger partial charge on any atom is -0.475 e. The first-order valence-corrected chi connectivity index (χ1v) is 11.7. The van der Waals surface area contributed by atoms with Crippen molar-refractivity contribution in [3.63, 3.8) is 0 Å². The zero-order valence-corrected chi connectivity index (χ0v) is 19.7. The number of nitrogens with zero attached hydrogens (tertiary/aromatic N) is 3. The quantitative estimate of drug-likeness (QED) is 0.427. The molecule has 3 rings (SSSR count). The van der Waals surface area contributed by atoms with E-state index in [2.05, 4.69) is 17.6 Å². The Kier molecular flexibility index (Phi) is 12.9. The molecule has 1 saturated heterocycles. The molecule has 2 aromatic rings. The molecule has 0 saturated carbocycles. The van der Waals surface area contributed by atoms with Crippen LogP contribution in [0.1, 0.15) is 25.6 Å². The number of nitrogens with two attached hydrogens (primary N) is 1. The second kappa shape index (κ2) is 14.8. The van der Waals surface area contributed by atoms with Crippen LogP contribution in [0.2, 0.25) is 0 Å². The van der Waals surface area contributed by atoms with Gasteiger partial charge in [-0.15, -0.1) is 0 Å². The maximum absolute atomic E-state index is 12.9. The summed E-state index contributed by atoms with van der Waals surface area (Å²) >= 11 is 0. The van der Waals surface area contributed by atoms with E-state index in [0.717, 1.165) is 18.7 Å². The van der Waals surface area contributed by atoms with Gasteiger partial charge in [-0.1, -0.05) is 6.92 Å². The maximum Gasteiger partial charge on any atom is 0.261 e. The fourth-order valence-electron chi connectivity index (χ4n) is 3.32. The van der Waals surface area contributed by atoms with Crippen LogP contribution < -0.4 is 10.5 Å². The lowest BCUT2D eigenvalue weighted by atomic mass is 9.83. The van der Waals surface area contributed by atoms with Crippen molar-refractivity contribution in [2.24, 2.45) is 12.8 Å². The predicted molar refractivity (Wildman–Crippen MR) is 118 cm³/mol. The Hall–Kier alpha value is -2.35. The zero-order chi connectivity index (χ0) is 25.7. The van der Waals surface area contributed by atoms with E-state index in [0.29, 0.717) is 22.7 Å². The maximum atomic E-state index is 12.9. The summed E-state index contributed by atoms with van der Waals surface area (Å²) in [5, 5.41) is 0. The number of rotatable bonds is 8.